The normalized spacial score (nSPS) is 15.4. The van der Waals surface area contributed by atoms with Crippen molar-refractivity contribution in [1.29, 1.82) is 0 Å². The van der Waals surface area contributed by atoms with Crippen LogP contribution in [-0.4, -0.2) is 228 Å². The molecule has 113 heavy (non-hydrogen) atoms. The number of carbonyl (C=O) groups is 14. The minimum Gasteiger partial charge on any atom is -0.508 e. The lowest BCUT2D eigenvalue weighted by Crippen LogP contribution is -2.62. The Morgan fingerprint density at radius 2 is 0.575 bits per heavy atom. The van der Waals surface area contributed by atoms with Gasteiger partial charge in [0.1, 0.15) is 84.3 Å². The Bertz CT molecular complexity index is 3130. The SMILES string of the molecule is CC(C)C[C@H](NC(=O)[C@@H](NC(=O)[C@H](Cc1ccc(O)cc1)NC(=O)[C@@H](NC(=O)[C@H](C)NC(=O)[C@H](C)NC(=O)[C@@H](NC(=O)[C@@H](NC(=O)[C@H](CCCCN)NC(=O)[C@H](CCCCN)NC(=O)[C@H](CCCCN)NC(=O)[C@@H](N)CCCCN)C(C)C)C(C)C)[C@@H](C)O)C(C)C)C(=O)N[C@@H](CCCCN)C(=O)N[C@@H](CCCCN)C(=O)O. The standard InChI is InChI=1S/C76H138N20O17/c1-42(2)40-57(70(106)89-54(27-15-21-37-80)68(104)90-56(76(112)113)29-17-23-39-82)91-73(109)60(44(5)6)94-71(107)58(41-49-30-32-50(98)33-31-49)92-75(111)62(48(11)97)96-64(100)47(10)84-63(99)46(9)85-72(108)59(43(3)4)95-74(110)61(45(7)8)93-69(105)55(28-16-22-38-81)88-67(103)53(26-14-20-36-79)87-66(102)52(25-13-19-35-78)86-65(101)51(83)24-12-18-34-77/h30-33,42-48,51-62,97-98H,12-29,34-41,77-83H2,1-11H3,(H,84,99)(H,85,108)(H,86,101)(H,87,102)(H,88,103)(H,89,106)(H,90,104)(H,91,109)(H,92,111)(H,93,105)(H,94,107)(H,95,110)(H,96,100)(H,112,113)/t46-,47-,48+,51-,52-,53-,54-,55-,56-,57-,58-,59-,60-,61-,62-/m0/s1. The molecule has 0 unspecified atom stereocenters. The predicted molar refractivity (Wildman–Crippen MR) is 427 cm³/mol. The summed E-state index contributed by atoms with van der Waals surface area (Å²) in [4.78, 5) is 195. The van der Waals surface area contributed by atoms with Crippen molar-refractivity contribution in [3.05, 3.63) is 29.8 Å². The van der Waals surface area contributed by atoms with Crippen LogP contribution in [0.15, 0.2) is 24.3 Å². The topological polar surface area (TPSA) is 638 Å². The fourth-order valence-electron chi connectivity index (χ4n) is 11.9. The Kier molecular flexibility index (Phi) is 50.4. The minimum absolute atomic E-state index is 0.0503. The maximum Gasteiger partial charge on any atom is 0.326 e. The van der Waals surface area contributed by atoms with Gasteiger partial charge in [-0.05, 0) is 217 Å². The van der Waals surface area contributed by atoms with Crippen molar-refractivity contribution in [2.45, 2.75) is 295 Å². The first-order valence-corrected chi connectivity index (χ1v) is 39.9. The summed E-state index contributed by atoms with van der Waals surface area (Å²) >= 11 is 0. The average molecular weight is 1600 g/mol. The number of aliphatic hydroxyl groups excluding tert-OH is 1. The summed E-state index contributed by atoms with van der Waals surface area (Å²) in [5, 5.41) is 65.1. The zero-order valence-electron chi connectivity index (χ0n) is 68.3. The lowest BCUT2D eigenvalue weighted by Gasteiger charge is -2.30. The molecule has 37 nitrogen and oxygen atoms in total. The third kappa shape index (κ3) is 39.7. The van der Waals surface area contributed by atoms with Gasteiger partial charge in [-0.3, -0.25) is 62.3 Å². The van der Waals surface area contributed by atoms with Crippen molar-refractivity contribution in [1.82, 2.24) is 69.1 Å². The number of carboxylic acids is 1. The molecule has 0 bridgehead atoms. The van der Waals surface area contributed by atoms with Gasteiger partial charge in [-0.25, -0.2) is 4.79 Å². The molecule has 0 spiro atoms. The van der Waals surface area contributed by atoms with E-state index < -0.39 is 191 Å². The molecule has 0 saturated carbocycles. The van der Waals surface area contributed by atoms with E-state index in [4.69, 9.17) is 40.1 Å². The number of unbranched alkanes of at least 4 members (excludes halogenated alkanes) is 6. The number of aliphatic hydroxyl groups is 1. The highest BCUT2D eigenvalue weighted by Crippen LogP contribution is 2.17. The van der Waals surface area contributed by atoms with E-state index in [1.165, 1.54) is 45.0 Å². The van der Waals surface area contributed by atoms with E-state index in [1.807, 2.05) is 0 Å². The average Bonchev–Trinajstić information content (AvgIpc) is 0.839. The highest BCUT2D eigenvalue weighted by molar-refractivity contribution is 6.00. The molecule has 644 valence electrons. The number of phenols is 1. The third-order valence-electron chi connectivity index (χ3n) is 18.8. The van der Waals surface area contributed by atoms with Gasteiger partial charge in [-0.2, -0.15) is 0 Å². The molecule has 1 rings (SSSR count). The number of phenolic OH excluding ortho intramolecular Hbond substituents is 1. The summed E-state index contributed by atoms with van der Waals surface area (Å²) in [5.41, 5.74) is 40.8. The molecule has 0 aliphatic heterocycles. The van der Waals surface area contributed by atoms with E-state index in [2.05, 4.69) is 69.1 Å². The Hall–Kier alpha value is -8.72. The van der Waals surface area contributed by atoms with Crippen molar-refractivity contribution >= 4 is 82.8 Å². The van der Waals surface area contributed by atoms with E-state index in [1.54, 1.807) is 55.4 Å². The largest absolute Gasteiger partial charge is 0.508 e. The molecule has 30 N–H and O–H groups in total. The van der Waals surface area contributed by atoms with Crippen molar-refractivity contribution in [3.63, 3.8) is 0 Å². The maximum absolute atomic E-state index is 14.6. The lowest BCUT2D eigenvalue weighted by atomic mass is 9.98. The monoisotopic (exact) mass is 1600 g/mol. The molecule has 0 aromatic heterocycles. The van der Waals surface area contributed by atoms with Crippen LogP contribution in [0.5, 0.6) is 5.75 Å². The van der Waals surface area contributed by atoms with Crippen molar-refractivity contribution in [3.8, 4) is 5.75 Å². The van der Waals surface area contributed by atoms with Crippen LogP contribution in [0.2, 0.25) is 0 Å². The number of carboxylic acid groups (broad SMARTS) is 1. The number of nitrogens with two attached hydrogens (primary N) is 7. The molecule has 0 heterocycles. The molecular weight excluding hydrogens is 1460 g/mol. The quantitative estimate of drug-likeness (QED) is 0.0287. The zero-order chi connectivity index (χ0) is 85.6. The summed E-state index contributed by atoms with van der Waals surface area (Å²) < 4.78 is 0. The molecule has 0 aliphatic rings. The summed E-state index contributed by atoms with van der Waals surface area (Å²) in [6.07, 6.45) is 4.70. The van der Waals surface area contributed by atoms with Gasteiger partial charge < -0.3 is 125 Å². The first-order chi connectivity index (χ1) is 53.3. The number of aromatic hydroxyl groups is 1. The molecule has 1 aromatic rings. The van der Waals surface area contributed by atoms with Crippen LogP contribution >= 0.6 is 0 Å². The van der Waals surface area contributed by atoms with Gasteiger partial charge in [0.15, 0.2) is 0 Å². The molecular formula is C76H138N20O17. The van der Waals surface area contributed by atoms with Gasteiger partial charge in [0.05, 0.1) is 12.1 Å². The molecule has 0 radical (unpaired) electrons. The minimum atomic E-state index is -1.80. The fraction of sp³-hybridized carbons (Fsp3) is 0.737. The number of carbonyl (C=O) groups excluding carboxylic acids is 13. The van der Waals surface area contributed by atoms with Crippen molar-refractivity contribution in [2.24, 2.45) is 63.8 Å². The second kappa shape index (κ2) is 55.7. The molecule has 37 heteroatoms. The highest BCUT2D eigenvalue weighted by atomic mass is 16.4. The van der Waals surface area contributed by atoms with Gasteiger partial charge in [0.25, 0.3) is 0 Å². The number of amides is 13. The number of rotatable bonds is 59. The summed E-state index contributed by atoms with van der Waals surface area (Å²) in [7, 11) is 0. The number of hydrogen-bond donors (Lipinski definition) is 23. The first kappa shape index (κ1) is 102. The Morgan fingerprint density at radius 1 is 0.310 bits per heavy atom. The van der Waals surface area contributed by atoms with Crippen LogP contribution < -0.4 is 109 Å². The maximum atomic E-state index is 14.6. The lowest BCUT2D eigenvalue weighted by molar-refractivity contribution is -0.142. The van der Waals surface area contributed by atoms with Crippen molar-refractivity contribution in [2.75, 3.05) is 39.3 Å². The Morgan fingerprint density at radius 3 is 0.938 bits per heavy atom. The van der Waals surface area contributed by atoms with Gasteiger partial charge in [-0.1, -0.05) is 73.9 Å². The van der Waals surface area contributed by atoms with Crippen LogP contribution in [0.1, 0.15) is 204 Å². The van der Waals surface area contributed by atoms with Crippen LogP contribution in [0.25, 0.3) is 0 Å². The Balaban J connectivity index is 3.44. The number of nitrogens with one attached hydrogen (secondary N) is 13. The summed E-state index contributed by atoms with van der Waals surface area (Å²) in [5.74, 6) is -14.2. The van der Waals surface area contributed by atoms with Gasteiger partial charge in [0.2, 0.25) is 76.8 Å². The Labute approximate surface area is 665 Å². The van der Waals surface area contributed by atoms with Gasteiger partial charge >= 0.3 is 5.97 Å². The van der Waals surface area contributed by atoms with E-state index in [0.29, 0.717) is 109 Å². The molecule has 15 atom stereocenters. The fourth-order valence-corrected chi connectivity index (χ4v) is 11.9. The van der Waals surface area contributed by atoms with E-state index in [-0.39, 0.29) is 76.2 Å². The zero-order valence-corrected chi connectivity index (χ0v) is 68.3. The number of hydrogen-bond acceptors (Lipinski definition) is 23. The van der Waals surface area contributed by atoms with E-state index in [9.17, 15) is 82.4 Å². The predicted octanol–water partition coefficient (Wildman–Crippen LogP) is -3.14. The number of aliphatic carboxylic acids is 1. The van der Waals surface area contributed by atoms with Gasteiger partial charge in [-0.15, -0.1) is 0 Å². The number of benzene rings is 1. The second-order valence-electron chi connectivity index (χ2n) is 30.5. The van der Waals surface area contributed by atoms with Gasteiger partial charge in [0, 0.05) is 6.42 Å². The first-order valence-electron chi connectivity index (χ1n) is 39.9. The van der Waals surface area contributed by atoms with Crippen LogP contribution in [0, 0.1) is 23.7 Å². The second-order valence-corrected chi connectivity index (χ2v) is 30.5. The third-order valence-corrected chi connectivity index (χ3v) is 18.8. The molecule has 0 aliphatic carbocycles. The van der Waals surface area contributed by atoms with Crippen LogP contribution in [-0.2, 0) is 73.5 Å². The van der Waals surface area contributed by atoms with E-state index in [0.717, 1.165) is 0 Å². The van der Waals surface area contributed by atoms with Crippen LogP contribution in [0.3, 0.4) is 0 Å². The van der Waals surface area contributed by atoms with Crippen LogP contribution in [0.4, 0.5) is 0 Å². The molecule has 13 amide bonds. The molecule has 0 saturated heterocycles. The summed E-state index contributed by atoms with van der Waals surface area (Å²) in [6.45, 7) is 18.9. The molecule has 1 aromatic carbocycles. The molecule has 0 fully saturated rings. The highest BCUT2D eigenvalue weighted by Gasteiger charge is 2.39. The van der Waals surface area contributed by atoms with Crippen molar-refractivity contribution < 1.29 is 82.4 Å². The smallest absolute Gasteiger partial charge is 0.326 e. The van der Waals surface area contributed by atoms with E-state index >= 15 is 0 Å². The summed E-state index contributed by atoms with van der Waals surface area (Å²) in [6, 6.07) is -12.9.